The Balaban J connectivity index is 2.54. The Bertz CT molecular complexity index is 377. The van der Waals surface area contributed by atoms with Crippen LogP contribution in [-0.4, -0.2) is 7.11 Å². The molecule has 0 bridgehead atoms. The third kappa shape index (κ3) is 1.53. The first-order valence-corrected chi connectivity index (χ1v) is 5.18. The lowest BCUT2D eigenvalue weighted by Gasteiger charge is -2.14. The summed E-state index contributed by atoms with van der Waals surface area (Å²) >= 11 is 3.38. The van der Waals surface area contributed by atoms with Crippen LogP contribution in [-0.2, 0) is 5.54 Å². The fourth-order valence-electron chi connectivity index (χ4n) is 1.48. The summed E-state index contributed by atoms with van der Waals surface area (Å²) in [6.07, 6.45) is 1.80. The lowest BCUT2D eigenvalue weighted by Crippen LogP contribution is -2.19. The summed E-state index contributed by atoms with van der Waals surface area (Å²) in [4.78, 5) is 0. The molecule has 0 amide bonds. The van der Waals surface area contributed by atoms with E-state index in [-0.39, 0.29) is 11.4 Å². The first kappa shape index (κ1) is 9.93. The molecule has 1 aliphatic rings. The zero-order valence-corrected chi connectivity index (χ0v) is 9.40. The van der Waals surface area contributed by atoms with E-state index in [9.17, 15) is 4.39 Å². The maximum absolute atomic E-state index is 13.2. The quantitative estimate of drug-likeness (QED) is 0.886. The molecule has 2 rings (SSSR count). The highest BCUT2D eigenvalue weighted by Crippen LogP contribution is 2.47. The van der Waals surface area contributed by atoms with Crippen LogP contribution in [0.1, 0.15) is 18.4 Å². The molecule has 0 aliphatic heterocycles. The van der Waals surface area contributed by atoms with Gasteiger partial charge in [-0.05, 0) is 40.4 Å². The lowest BCUT2D eigenvalue weighted by molar-refractivity contribution is 0.406. The number of hydrogen-bond acceptors (Lipinski definition) is 2. The van der Waals surface area contributed by atoms with E-state index in [2.05, 4.69) is 15.9 Å². The minimum absolute atomic E-state index is 0.309. The highest BCUT2D eigenvalue weighted by atomic mass is 79.9. The van der Waals surface area contributed by atoms with Crippen LogP contribution in [0.15, 0.2) is 16.6 Å². The van der Waals surface area contributed by atoms with Gasteiger partial charge in [0, 0.05) is 11.6 Å². The molecule has 0 heterocycles. The Hall–Kier alpha value is -0.610. The number of halogens is 2. The summed E-state index contributed by atoms with van der Waals surface area (Å²) in [6.45, 7) is 0. The topological polar surface area (TPSA) is 35.2 Å². The molecule has 0 radical (unpaired) electrons. The summed E-state index contributed by atoms with van der Waals surface area (Å²) in [5, 5.41) is 0. The van der Waals surface area contributed by atoms with E-state index in [4.69, 9.17) is 10.5 Å². The first-order chi connectivity index (χ1) is 6.57. The SMILES string of the molecule is COc1cc(F)cc(C2(N)CC2)c1Br. The molecule has 2 nitrogen and oxygen atoms in total. The number of benzene rings is 1. The number of hydrogen-bond donors (Lipinski definition) is 1. The summed E-state index contributed by atoms with van der Waals surface area (Å²) < 4.78 is 19.0. The van der Waals surface area contributed by atoms with Gasteiger partial charge in [-0.1, -0.05) is 0 Å². The summed E-state index contributed by atoms with van der Waals surface area (Å²) in [7, 11) is 1.51. The lowest BCUT2D eigenvalue weighted by atomic mass is 10.1. The Morgan fingerprint density at radius 3 is 2.64 bits per heavy atom. The van der Waals surface area contributed by atoms with E-state index in [1.165, 1.54) is 19.2 Å². The van der Waals surface area contributed by atoms with Gasteiger partial charge in [0.2, 0.25) is 0 Å². The van der Waals surface area contributed by atoms with Crippen molar-refractivity contribution in [3.8, 4) is 5.75 Å². The Morgan fingerprint density at radius 1 is 1.50 bits per heavy atom. The van der Waals surface area contributed by atoms with Gasteiger partial charge >= 0.3 is 0 Å². The van der Waals surface area contributed by atoms with Gasteiger partial charge in [-0.25, -0.2) is 4.39 Å². The van der Waals surface area contributed by atoms with Gasteiger partial charge < -0.3 is 10.5 Å². The van der Waals surface area contributed by atoms with Crippen LogP contribution in [0.25, 0.3) is 0 Å². The van der Waals surface area contributed by atoms with Crippen LogP contribution in [0.3, 0.4) is 0 Å². The molecule has 76 valence electrons. The second-order valence-corrected chi connectivity index (χ2v) is 4.42. The third-order valence-electron chi connectivity index (χ3n) is 2.55. The highest BCUT2D eigenvalue weighted by molar-refractivity contribution is 9.10. The minimum atomic E-state index is -0.353. The molecule has 1 aliphatic carbocycles. The smallest absolute Gasteiger partial charge is 0.136 e. The third-order valence-corrected chi connectivity index (χ3v) is 3.37. The molecule has 0 saturated heterocycles. The molecular weight excluding hydrogens is 249 g/mol. The van der Waals surface area contributed by atoms with Gasteiger partial charge in [0.1, 0.15) is 11.6 Å². The molecule has 0 unspecified atom stereocenters. The molecule has 14 heavy (non-hydrogen) atoms. The summed E-state index contributed by atoms with van der Waals surface area (Å²) in [5.74, 6) is 0.188. The van der Waals surface area contributed by atoms with Crippen molar-refractivity contribution < 1.29 is 9.13 Å². The summed E-state index contributed by atoms with van der Waals surface area (Å²) in [5.41, 5.74) is 6.46. The standard InChI is InChI=1S/C10H11BrFNO/c1-14-8-5-6(12)4-7(9(8)11)10(13)2-3-10/h4-5H,2-3,13H2,1H3. The Kier molecular flexibility index (Phi) is 2.27. The van der Waals surface area contributed by atoms with Crippen molar-refractivity contribution in [3.63, 3.8) is 0 Å². The fraction of sp³-hybridized carbons (Fsp3) is 0.400. The number of methoxy groups -OCH3 is 1. The minimum Gasteiger partial charge on any atom is -0.495 e. The molecule has 1 aromatic carbocycles. The molecule has 0 aromatic heterocycles. The monoisotopic (exact) mass is 259 g/mol. The van der Waals surface area contributed by atoms with Gasteiger partial charge in [0.05, 0.1) is 11.6 Å². The van der Waals surface area contributed by atoms with Crippen LogP contribution >= 0.6 is 15.9 Å². The van der Waals surface area contributed by atoms with Crippen LogP contribution in [0.2, 0.25) is 0 Å². The highest BCUT2D eigenvalue weighted by Gasteiger charge is 2.42. The number of ether oxygens (including phenoxy) is 1. The van der Waals surface area contributed by atoms with Crippen molar-refractivity contribution in [3.05, 3.63) is 28.0 Å². The maximum atomic E-state index is 13.2. The first-order valence-electron chi connectivity index (χ1n) is 4.39. The van der Waals surface area contributed by atoms with Crippen LogP contribution < -0.4 is 10.5 Å². The van der Waals surface area contributed by atoms with Gasteiger partial charge in [-0.3, -0.25) is 0 Å². The van der Waals surface area contributed by atoms with E-state index in [0.717, 1.165) is 22.9 Å². The normalized spacial score (nSPS) is 18.0. The molecule has 0 atom stereocenters. The zero-order valence-electron chi connectivity index (χ0n) is 7.81. The van der Waals surface area contributed by atoms with Gasteiger partial charge in [-0.15, -0.1) is 0 Å². The summed E-state index contributed by atoms with van der Waals surface area (Å²) in [6, 6.07) is 2.82. The average Bonchev–Trinajstić information content (AvgIpc) is 2.88. The van der Waals surface area contributed by atoms with Crippen molar-refractivity contribution in [1.82, 2.24) is 0 Å². The van der Waals surface area contributed by atoms with Crippen molar-refractivity contribution in [2.45, 2.75) is 18.4 Å². The van der Waals surface area contributed by atoms with Crippen molar-refractivity contribution >= 4 is 15.9 Å². The van der Waals surface area contributed by atoms with Crippen LogP contribution in [0.4, 0.5) is 4.39 Å². The second kappa shape index (κ2) is 3.21. The molecule has 1 aromatic rings. The van der Waals surface area contributed by atoms with Crippen molar-refractivity contribution in [2.24, 2.45) is 5.73 Å². The molecule has 1 fully saturated rings. The van der Waals surface area contributed by atoms with Crippen molar-refractivity contribution in [1.29, 1.82) is 0 Å². The van der Waals surface area contributed by atoms with E-state index in [1.54, 1.807) is 0 Å². The molecule has 4 heteroatoms. The van der Waals surface area contributed by atoms with E-state index in [1.807, 2.05) is 0 Å². The fourth-order valence-corrected chi connectivity index (χ4v) is 2.26. The van der Waals surface area contributed by atoms with Gasteiger partial charge in [0.15, 0.2) is 0 Å². The predicted octanol–water partition coefficient (Wildman–Crippen LogP) is 2.54. The number of rotatable bonds is 2. The second-order valence-electron chi connectivity index (χ2n) is 3.63. The van der Waals surface area contributed by atoms with E-state index >= 15 is 0 Å². The Labute approximate surface area is 90.4 Å². The van der Waals surface area contributed by atoms with Gasteiger partial charge in [0.25, 0.3) is 0 Å². The molecule has 1 saturated carbocycles. The van der Waals surface area contributed by atoms with Crippen LogP contribution in [0.5, 0.6) is 5.75 Å². The number of nitrogens with two attached hydrogens (primary N) is 1. The maximum Gasteiger partial charge on any atom is 0.136 e. The van der Waals surface area contributed by atoms with Crippen molar-refractivity contribution in [2.75, 3.05) is 7.11 Å². The largest absolute Gasteiger partial charge is 0.495 e. The van der Waals surface area contributed by atoms with Crippen LogP contribution in [0, 0.1) is 5.82 Å². The predicted molar refractivity (Wildman–Crippen MR) is 55.8 cm³/mol. The average molecular weight is 260 g/mol. The Morgan fingerprint density at radius 2 is 2.14 bits per heavy atom. The molecular formula is C10H11BrFNO. The zero-order chi connectivity index (χ0) is 10.3. The molecule has 2 N–H and O–H groups in total. The van der Waals surface area contributed by atoms with Gasteiger partial charge in [-0.2, -0.15) is 0 Å². The van der Waals surface area contributed by atoms with E-state index in [0.29, 0.717) is 5.75 Å². The van der Waals surface area contributed by atoms with E-state index < -0.39 is 0 Å². The molecule has 0 spiro atoms.